The quantitative estimate of drug-likeness (QED) is 0.876. The first-order valence-electron chi connectivity index (χ1n) is 5.73. The van der Waals surface area contributed by atoms with Crippen LogP contribution >= 0.6 is 0 Å². The van der Waals surface area contributed by atoms with Crippen LogP contribution in [-0.2, 0) is 10.0 Å². The summed E-state index contributed by atoms with van der Waals surface area (Å²) in [5, 5.41) is 8.84. The van der Waals surface area contributed by atoms with E-state index in [9.17, 15) is 8.42 Å². The van der Waals surface area contributed by atoms with Gasteiger partial charge < -0.3 is 0 Å². The highest BCUT2D eigenvalue weighted by molar-refractivity contribution is 7.89. The second-order valence-electron chi connectivity index (χ2n) is 4.54. The summed E-state index contributed by atoms with van der Waals surface area (Å²) in [5.41, 5.74) is -0.0813. The molecule has 1 unspecified atom stereocenters. The van der Waals surface area contributed by atoms with Crippen molar-refractivity contribution in [3.63, 3.8) is 0 Å². The first-order chi connectivity index (χ1) is 8.38. The van der Waals surface area contributed by atoms with E-state index in [1.165, 1.54) is 18.3 Å². The summed E-state index contributed by atoms with van der Waals surface area (Å²) in [4.78, 5) is 3.68. The second kappa shape index (κ2) is 5.94. The van der Waals surface area contributed by atoms with E-state index in [1.54, 1.807) is 6.07 Å². The number of pyridine rings is 1. The van der Waals surface area contributed by atoms with Crippen LogP contribution in [0.15, 0.2) is 23.2 Å². The molecule has 5 nitrogen and oxygen atoms in total. The summed E-state index contributed by atoms with van der Waals surface area (Å²) < 4.78 is 26.6. The molecule has 6 heteroatoms. The maximum atomic E-state index is 12.0. The fraction of sp³-hybridized carbons (Fsp3) is 0.500. The minimum absolute atomic E-state index is 0.0662. The van der Waals surface area contributed by atoms with Gasteiger partial charge in [0.25, 0.3) is 0 Å². The molecule has 0 aliphatic carbocycles. The number of nitrogens with one attached hydrogen (secondary N) is 1. The highest BCUT2D eigenvalue weighted by Gasteiger charge is 2.20. The van der Waals surface area contributed by atoms with Crippen LogP contribution in [0.4, 0.5) is 0 Å². The molecule has 0 saturated heterocycles. The van der Waals surface area contributed by atoms with Crippen LogP contribution in [0.25, 0.3) is 0 Å². The molecule has 98 valence electrons. The van der Waals surface area contributed by atoms with Crippen molar-refractivity contribution in [2.24, 2.45) is 11.8 Å². The van der Waals surface area contributed by atoms with Crippen LogP contribution in [0.2, 0.25) is 0 Å². The van der Waals surface area contributed by atoms with Gasteiger partial charge in [0.15, 0.2) is 5.69 Å². The average Bonchev–Trinajstić information content (AvgIpc) is 2.35. The Hall–Kier alpha value is -1.45. The van der Waals surface area contributed by atoms with Gasteiger partial charge in [0, 0.05) is 12.7 Å². The standard InChI is InChI=1S/C12H17N3O2S/c1-9(2)10(3)8-15-18(16,17)12-5-4-6-14-11(12)7-13/h4-6,9-10,15H,8H2,1-3H3. The van der Waals surface area contributed by atoms with Crippen molar-refractivity contribution in [2.75, 3.05) is 6.54 Å². The number of rotatable bonds is 5. The highest BCUT2D eigenvalue weighted by atomic mass is 32.2. The molecular weight excluding hydrogens is 250 g/mol. The Morgan fingerprint density at radius 2 is 2.11 bits per heavy atom. The summed E-state index contributed by atoms with van der Waals surface area (Å²) in [6.45, 7) is 6.38. The van der Waals surface area contributed by atoms with Crippen LogP contribution in [0.3, 0.4) is 0 Å². The van der Waals surface area contributed by atoms with Crippen molar-refractivity contribution >= 4 is 10.0 Å². The first kappa shape index (κ1) is 14.6. The lowest BCUT2D eigenvalue weighted by molar-refractivity contribution is 0.414. The minimum Gasteiger partial charge on any atom is -0.244 e. The van der Waals surface area contributed by atoms with E-state index in [-0.39, 0.29) is 16.5 Å². The molecule has 1 rings (SSSR count). The van der Waals surface area contributed by atoms with E-state index < -0.39 is 10.0 Å². The van der Waals surface area contributed by atoms with Crippen LogP contribution < -0.4 is 4.72 Å². The van der Waals surface area contributed by atoms with E-state index in [2.05, 4.69) is 9.71 Å². The third kappa shape index (κ3) is 3.52. The largest absolute Gasteiger partial charge is 0.244 e. The summed E-state index contributed by atoms with van der Waals surface area (Å²) in [7, 11) is -3.67. The molecule has 1 aromatic heterocycles. The zero-order valence-electron chi connectivity index (χ0n) is 10.7. The van der Waals surface area contributed by atoms with Crippen LogP contribution in [0.5, 0.6) is 0 Å². The van der Waals surface area contributed by atoms with Gasteiger partial charge in [0.05, 0.1) is 0 Å². The topological polar surface area (TPSA) is 82.8 Å². The summed E-state index contributed by atoms with van der Waals surface area (Å²) in [6.07, 6.45) is 1.40. The molecule has 0 aliphatic heterocycles. The smallest absolute Gasteiger partial charge is 0.243 e. The molecule has 0 saturated carbocycles. The van der Waals surface area contributed by atoms with E-state index in [4.69, 9.17) is 5.26 Å². The first-order valence-corrected chi connectivity index (χ1v) is 7.21. The molecule has 1 atom stereocenters. The van der Waals surface area contributed by atoms with Crippen molar-refractivity contribution in [1.82, 2.24) is 9.71 Å². The van der Waals surface area contributed by atoms with Crippen LogP contribution in [0, 0.1) is 23.2 Å². The third-order valence-corrected chi connectivity index (χ3v) is 4.35. The highest BCUT2D eigenvalue weighted by Crippen LogP contribution is 2.13. The van der Waals surface area contributed by atoms with Gasteiger partial charge in [-0.2, -0.15) is 5.26 Å². The third-order valence-electron chi connectivity index (χ3n) is 2.90. The Balaban J connectivity index is 2.91. The molecule has 0 radical (unpaired) electrons. The maximum absolute atomic E-state index is 12.0. The maximum Gasteiger partial charge on any atom is 0.243 e. The van der Waals surface area contributed by atoms with Gasteiger partial charge in [-0.1, -0.05) is 20.8 Å². The average molecular weight is 267 g/mol. The molecule has 0 spiro atoms. The van der Waals surface area contributed by atoms with Crippen molar-refractivity contribution in [3.05, 3.63) is 24.0 Å². The molecule has 0 aliphatic rings. The van der Waals surface area contributed by atoms with Gasteiger partial charge in [-0.3, -0.25) is 0 Å². The van der Waals surface area contributed by atoms with Crippen LogP contribution in [0.1, 0.15) is 26.5 Å². The fourth-order valence-corrected chi connectivity index (χ4v) is 2.49. The minimum atomic E-state index is -3.67. The summed E-state index contributed by atoms with van der Waals surface area (Å²) >= 11 is 0. The Morgan fingerprint density at radius 1 is 1.44 bits per heavy atom. The molecule has 0 aromatic carbocycles. The van der Waals surface area contributed by atoms with E-state index in [0.717, 1.165) is 0 Å². The fourth-order valence-electron chi connectivity index (χ4n) is 1.25. The SMILES string of the molecule is CC(C)C(C)CNS(=O)(=O)c1cccnc1C#N. The van der Waals surface area contributed by atoms with E-state index >= 15 is 0 Å². The normalized spacial score (nSPS) is 13.3. The number of hydrogen-bond acceptors (Lipinski definition) is 4. The Labute approximate surface area is 108 Å². The molecule has 18 heavy (non-hydrogen) atoms. The number of nitrogens with zero attached hydrogens (tertiary/aromatic N) is 2. The van der Waals surface area contributed by atoms with Crippen molar-refractivity contribution in [2.45, 2.75) is 25.7 Å². The summed E-state index contributed by atoms with van der Waals surface area (Å²) in [5.74, 6) is 0.610. The molecule has 1 N–H and O–H groups in total. The van der Waals surface area contributed by atoms with Crippen molar-refractivity contribution < 1.29 is 8.42 Å². The lowest BCUT2D eigenvalue weighted by Gasteiger charge is -2.16. The van der Waals surface area contributed by atoms with E-state index in [1.807, 2.05) is 20.8 Å². The number of aromatic nitrogens is 1. The predicted octanol–water partition coefficient (Wildman–Crippen LogP) is 1.52. The van der Waals surface area contributed by atoms with Gasteiger partial charge >= 0.3 is 0 Å². The predicted molar refractivity (Wildman–Crippen MR) is 68.1 cm³/mol. The van der Waals surface area contributed by atoms with Gasteiger partial charge in [0.1, 0.15) is 11.0 Å². The molecule has 0 fully saturated rings. The lowest BCUT2D eigenvalue weighted by atomic mass is 9.99. The number of nitriles is 1. The molecular formula is C12H17N3O2S. The molecule has 1 aromatic rings. The van der Waals surface area contributed by atoms with E-state index in [0.29, 0.717) is 12.5 Å². The zero-order valence-corrected chi connectivity index (χ0v) is 11.5. The Bertz CT molecular complexity index is 547. The van der Waals surface area contributed by atoms with Gasteiger partial charge in [-0.25, -0.2) is 18.1 Å². The monoisotopic (exact) mass is 267 g/mol. The van der Waals surface area contributed by atoms with Crippen molar-refractivity contribution in [3.8, 4) is 6.07 Å². The Morgan fingerprint density at radius 3 is 2.67 bits per heavy atom. The number of sulfonamides is 1. The van der Waals surface area contributed by atoms with Gasteiger partial charge in [-0.15, -0.1) is 0 Å². The van der Waals surface area contributed by atoms with Gasteiger partial charge in [0.2, 0.25) is 10.0 Å². The molecule has 1 heterocycles. The number of hydrogen-bond donors (Lipinski definition) is 1. The summed E-state index contributed by atoms with van der Waals surface area (Å²) in [6, 6.07) is 4.67. The molecule has 0 bridgehead atoms. The molecule has 0 amide bonds. The van der Waals surface area contributed by atoms with Crippen LogP contribution in [-0.4, -0.2) is 19.9 Å². The Kier molecular flexibility index (Phi) is 4.82. The van der Waals surface area contributed by atoms with Gasteiger partial charge in [-0.05, 0) is 24.0 Å². The zero-order chi connectivity index (χ0) is 13.8. The van der Waals surface area contributed by atoms with Crippen molar-refractivity contribution in [1.29, 1.82) is 5.26 Å². The second-order valence-corrected chi connectivity index (χ2v) is 6.27. The lowest BCUT2D eigenvalue weighted by Crippen LogP contribution is -2.30.